The molecular weight excluding hydrogens is 316 g/mol. The van der Waals surface area contributed by atoms with Crippen LogP contribution in [0.1, 0.15) is 20.3 Å². The van der Waals surface area contributed by atoms with E-state index in [1.54, 1.807) is 0 Å². The number of nitrogens with zero attached hydrogens (tertiary/aromatic N) is 1. The van der Waals surface area contributed by atoms with Crippen molar-refractivity contribution in [3.8, 4) is 0 Å². The Balaban J connectivity index is 2.86. The van der Waals surface area contributed by atoms with E-state index in [1.165, 1.54) is 16.7 Å². The molecule has 1 heterocycles. The first-order valence-corrected chi connectivity index (χ1v) is 9.75. The maximum absolute atomic E-state index is 12.4. The number of sulfone groups is 1. The van der Waals surface area contributed by atoms with E-state index in [-0.39, 0.29) is 23.5 Å². The van der Waals surface area contributed by atoms with Gasteiger partial charge in [0.15, 0.2) is 0 Å². The van der Waals surface area contributed by atoms with Crippen LogP contribution in [0.15, 0.2) is 0 Å². The molecule has 0 radical (unpaired) electrons. The normalized spacial score (nSPS) is 24.3. The molecule has 7 nitrogen and oxygen atoms in total. The highest BCUT2D eigenvalue weighted by atomic mass is 32.2. The average molecular weight is 338 g/mol. The van der Waals surface area contributed by atoms with Crippen molar-refractivity contribution in [1.29, 1.82) is 0 Å². The Morgan fingerprint density at radius 3 is 2.43 bits per heavy atom. The van der Waals surface area contributed by atoms with Crippen LogP contribution in [0.4, 0.5) is 0 Å². The summed E-state index contributed by atoms with van der Waals surface area (Å²) in [6, 6.07) is -1.90. The third-order valence-corrected chi connectivity index (χ3v) is 5.86. The molecule has 3 unspecified atom stereocenters. The highest BCUT2D eigenvalue weighted by molar-refractivity contribution is 8.00. The summed E-state index contributed by atoms with van der Waals surface area (Å²) in [6.07, 6.45) is 1.07. The molecule has 1 aliphatic heterocycles. The fourth-order valence-electron chi connectivity index (χ4n) is 2.17. The van der Waals surface area contributed by atoms with Gasteiger partial charge in [-0.2, -0.15) is 0 Å². The largest absolute Gasteiger partial charge is 0.480 e. The predicted octanol–water partition coefficient (Wildman–Crippen LogP) is -0.241. The molecule has 9 heteroatoms. The lowest BCUT2D eigenvalue weighted by molar-refractivity contribution is -0.150. The maximum atomic E-state index is 12.4. The van der Waals surface area contributed by atoms with Gasteiger partial charge in [0.2, 0.25) is 5.91 Å². The van der Waals surface area contributed by atoms with Crippen molar-refractivity contribution in [3.63, 3.8) is 0 Å². The summed E-state index contributed by atoms with van der Waals surface area (Å²) in [5, 5.41) is 8.98. The Kier molecular flexibility index (Phi) is 6.06. The molecule has 1 saturated heterocycles. The van der Waals surface area contributed by atoms with Gasteiger partial charge in [0.25, 0.3) is 0 Å². The van der Waals surface area contributed by atoms with Crippen LogP contribution < -0.4 is 5.73 Å². The molecule has 3 N–H and O–H groups in total. The van der Waals surface area contributed by atoms with Crippen molar-refractivity contribution in [2.75, 3.05) is 17.8 Å². The lowest BCUT2D eigenvalue weighted by Gasteiger charge is -2.31. The number of carboxylic acid groups (broad SMARTS) is 1. The fourth-order valence-corrected chi connectivity index (χ4v) is 4.33. The smallest absolute Gasteiger partial charge is 0.327 e. The third-order valence-electron chi connectivity index (χ3n) is 3.26. The van der Waals surface area contributed by atoms with Crippen molar-refractivity contribution < 1.29 is 23.1 Å². The average Bonchev–Trinajstić information content (AvgIpc) is 2.78. The summed E-state index contributed by atoms with van der Waals surface area (Å²) in [4.78, 5) is 25.0. The van der Waals surface area contributed by atoms with Gasteiger partial charge in [-0.1, -0.05) is 13.8 Å². The molecule has 1 amide bonds. The first-order chi connectivity index (χ1) is 9.54. The molecule has 0 bridgehead atoms. The number of carbonyl (C=O) groups is 2. The lowest BCUT2D eigenvalue weighted by atomic mass is 10.1. The van der Waals surface area contributed by atoms with Crippen LogP contribution in [0.25, 0.3) is 0 Å². The Morgan fingerprint density at radius 1 is 1.43 bits per heavy atom. The zero-order valence-electron chi connectivity index (χ0n) is 12.4. The second kappa shape index (κ2) is 6.97. The SMILES string of the molecule is CC(C)C1SCC(C(=O)O)N1C(=O)C(N)CCS(C)(=O)=O. The van der Waals surface area contributed by atoms with E-state index in [0.717, 1.165) is 6.26 Å². The Bertz CT molecular complexity index is 506. The van der Waals surface area contributed by atoms with E-state index in [0.29, 0.717) is 5.75 Å². The summed E-state index contributed by atoms with van der Waals surface area (Å²) in [7, 11) is -3.21. The molecular formula is C12H22N2O5S2. The molecule has 1 fully saturated rings. The number of amides is 1. The standard InChI is InChI=1S/C12H22N2O5S2/c1-7(2)11-14(9(6-20-11)12(16)17)10(15)8(13)4-5-21(3,18)19/h7-9,11H,4-6,13H2,1-3H3,(H,16,17). The molecule has 0 aromatic carbocycles. The number of hydrogen-bond acceptors (Lipinski definition) is 6. The Labute approximate surface area is 129 Å². The van der Waals surface area contributed by atoms with Gasteiger partial charge in [-0.15, -0.1) is 11.8 Å². The van der Waals surface area contributed by atoms with Crippen LogP contribution in [-0.2, 0) is 19.4 Å². The van der Waals surface area contributed by atoms with Crippen LogP contribution in [0.3, 0.4) is 0 Å². The van der Waals surface area contributed by atoms with Crippen LogP contribution in [0, 0.1) is 5.92 Å². The monoisotopic (exact) mass is 338 g/mol. The zero-order valence-corrected chi connectivity index (χ0v) is 14.0. The molecule has 122 valence electrons. The molecule has 3 atom stereocenters. The summed E-state index contributed by atoms with van der Waals surface area (Å²) < 4.78 is 22.3. The van der Waals surface area contributed by atoms with Gasteiger partial charge < -0.3 is 15.7 Å². The van der Waals surface area contributed by atoms with Crippen molar-refractivity contribution in [3.05, 3.63) is 0 Å². The molecule has 1 rings (SSSR count). The minimum absolute atomic E-state index is 0.00398. The van der Waals surface area contributed by atoms with Gasteiger partial charge in [-0.25, -0.2) is 13.2 Å². The van der Waals surface area contributed by atoms with Crippen molar-refractivity contribution in [2.24, 2.45) is 11.7 Å². The number of aliphatic carboxylic acids is 1. The van der Waals surface area contributed by atoms with Crippen LogP contribution in [-0.4, -0.2) is 65.5 Å². The van der Waals surface area contributed by atoms with E-state index in [2.05, 4.69) is 0 Å². The van der Waals surface area contributed by atoms with E-state index < -0.39 is 33.8 Å². The first kappa shape index (κ1) is 18.2. The fraction of sp³-hybridized carbons (Fsp3) is 0.833. The molecule has 0 aliphatic carbocycles. The number of carbonyl (C=O) groups excluding carboxylic acids is 1. The highest BCUT2D eigenvalue weighted by Gasteiger charge is 2.44. The minimum atomic E-state index is -3.21. The predicted molar refractivity (Wildman–Crippen MR) is 81.7 cm³/mol. The van der Waals surface area contributed by atoms with E-state index in [4.69, 9.17) is 5.73 Å². The first-order valence-electron chi connectivity index (χ1n) is 6.64. The quantitative estimate of drug-likeness (QED) is 0.686. The van der Waals surface area contributed by atoms with Crippen molar-refractivity contribution in [1.82, 2.24) is 4.90 Å². The molecule has 1 aliphatic rings. The minimum Gasteiger partial charge on any atom is -0.480 e. The van der Waals surface area contributed by atoms with Gasteiger partial charge in [0.05, 0.1) is 17.2 Å². The van der Waals surface area contributed by atoms with Crippen LogP contribution in [0.5, 0.6) is 0 Å². The molecule has 0 spiro atoms. The van der Waals surface area contributed by atoms with Crippen LogP contribution in [0.2, 0.25) is 0 Å². The lowest BCUT2D eigenvalue weighted by Crippen LogP contribution is -2.53. The van der Waals surface area contributed by atoms with Gasteiger partial charge in [0.1, 0.15) is 15.9 Å². The third kappa shape index (κ3) is 4.86. The number of carboxylic acids is 1. The second-order valence-electron chi connectivity index (χ2n) is 5.59. The van der Waals surface area contributed by atoms with Crippen LogP contribution >= 0.6 is 11.8 Å². The van der Waals surface area contributed by atoms with Gasteiger partial charge in [-0.05, 0) is 12.3 Å². The topological polar surface area (TPSA) is 118 Å². The zero-order chi connectivity index (χ0) is 16.4. The van der Waals surface area contributed by atoms with Gasteiger partial charge in [0, 0.05) is 12.0 Å². The number of thioether (sulfide) groups is 1. The summed E-state index contributed by atoms with van der Waals surface area (Å²) in [5.41, 5.74) is 5.77. The van der Waals surface area contributed by atoms with E-state index in [9.17, 15) is 23.1 Å². The van der Waals surface area contributed by atoms with Crippen molar-refractivity contribution in [2.45, 2.75) is 37.7 Å². The van der Waals surface area contributed by atoms with Gasteiger partial charge >= 0.3 is 5.97 Å². The van der Waals surface area contributed by atoms with E-state index >= 15 is 0 Å². The molecule has 0 aromatic heterocycles. The molecule has 0 aromatic rings. The van der Waals surface area contributed by atoms with Gasteiger partial charge in [-0.3, -0.25) is 4.79 Å². The molecule has 21 heavy (non-hydrogen) atoms. The van der Waals surface area contributed by atoms with E-state index in [1.807, 2.05) is 13.8 Å². The highest BCUT2D eigenvalue weighted by Crippen LogP contribution is 2.34. The molecule has 0 saturated carbocycles. The maximum Gasteiger partial charge on any atom is 0.327 e. The number of rotatable bonds is 6. The number of nitrogens with two attached hydrogens (primary N) is 1. The number of hydrogen-bond donors (Lipinski definition) is 2. The van der Waals surface area contributed by atoms with Crippen molar-refractivity contribution >= 4 is 33.5 Å². The Hall–Kier alpha value is -0.800. The second-order valence-corrected chi connectivity index (χ2v) is 9.00. The Morgan fingerprint density at radius 2 is 2.00 bits per heavy atom. The summed E-state index contributed by atoms with van der Waals surface area (Å²) >= 11 is 1.41. The summed E-state index contributed by atoms with van der Waals surface area (Å²) in [6.45, 7) is 3.81. The summed E-state index contributed by atoms with van der Waals surface area (Å²) in [5.74, 6) is -1.33.